The first-order valence-corrected chi connectivity index (χ1v) is 8.06. The Bertz CT molecular complexity index is 448. The van der Waals surface area contributed by atoms with Crippen LogP contribution in [-0.2, 0) is 11.2 Å². The third kappa shape index (κ3) is 7.49. The highest BCUT2D eigenvalue weighted by Crippen LogP contribution is 2.13. The molecule has 21 heavy (non-hydrogen) atoms. The minimum absolute atomic E-state index is 0.0329. The summed E-state index contributed by atoms with van der Waals surface area (Å²) in [6.07, 6.45) is 3.64. The summed E-state index contributed by atoms with van der Waals surface area (Å²) in [5.41, 5.74) is 6.86. The van der Waals surface area contributed by atoms with Gasteiger partial charge in [-0.3, -0.25) is 4.79 Å². The molecule has 1 rings (SSSR count). The van der Waals surface area contributed by atoms with Gasteiger partial charge < -0.3 is 11.1 Å². The van der Waals surface area contributed by atoms with E-state index < -0.39 is 0 Å². The molecule has 4 heteroatoms. The number of carbonyl (C=O) groups is 1. The molecule has 3 unspecified atom stereocenters. The number of hydrogen-bond acceptors (Lipinski definition) is 2. The topological polar surface area (TPSA) is 55.1 Å². The molecule has 0 aromatic heterocycles. The molecular weight excluding hydrogens is 284 g/mol. The number of rotatable bonds is 8. The molecular formula is C17H27ClN2O. The van der Waals surface area contributed by atoms with Gasteiger partial charge in [-0.15, -0.1) is 0 Å². The molecule has 1 amide bonds. The highest BCUT2D eigenvalue weighted by Gasteiger charge is 2.15. The predicted octanol–water partition coefficient (Wildman–Crippen LogP) is 3.54. The molecule has 0 radical (unpaired) electrons. The maximum atomic E-state index is 12.1. The van der Waals surface area contributed by atoms with E-state index in [0.717, 1.165) is 36.3 Å². The summed E-state index contributed by atoms with van der Waals surface area (Å²) in [4.78, 5) is 12.1. The molecule has 0 saturated heterocycles. The Kier molecular flexibility index (Phi) is 7.76. The van der Waals surface area contributed by atoms with E-state index in [0.29, 0.717) is 0 Å². The van der Waals surface area contributed by atoms with Crippen molar-refractivity contribution in [3.05, 3.63) is 34.9 Å². The Balaban J connectivity index is 2.36. The van der Waals surface area contributed by atoms with Crippen molar-refractivity contribution in [3.63, 3.8) is 0 Å². The van der Waals surface area contributed by atoms with Crippen molar-refractivity contribution in [1.82, 2.24) is 5.32 Å². The van der Waals surface area contributed by atoms with Gasteiger partial charge in [-0.25, -0.2) is 0 Å². The Morgan fingerprint density at radius 2 is 2.00 bits per heavy atom. The number of nitrogens with two attached hydrogens (primary N) is 1. The van der Waals surface area contributed by atoms with Crippen LogP contribution in [0.4, 0.5) is 0 Å². The number of amides is 1. The monoisotopic (exact) mass is 310 g/mol. The number of halogens is 1. The smallest absolute Gasteiger partial charge is 0.223 e. The van der Waals surface area contributed by atoms with Crippen LogP contribution >= 0.6 is 11.6 Å². The first-order valence-electron chi connectivity index (χ1n) is 7.69. The Labute approximate surface area is 133 Å². The fourth-order valence-electron chi connectivity index (χ4n) is 2.33. The maximum Gasteiger partial charge on any atom is 0.223 e. The summed E-state index contributed by atoms with van der Waals surface area (Å²) in [5.74, 6) is 0.153. The van der Waals surface area contributed by atoms with Gasteiger partial charge in [0, 0.05) is 23.0 Å². The van der Waals surface area contributed by atoms with Crippen LogP contribution in [0.5, 0.6) is 0 Å². The Morgan fingerprint density at radius 3 is 2.62 bits per heavy atom. The van der Waals surface area contributed by atoms with Crippen LogP contribution in [0.15, 0.2) is 24.3 Å². The van der Waals surface area contributed by atoms with Crippen LogP contribution in [0.25, 0.3) is 0 Å². The normalized spacial score (nSPS) is 15.3. The van der Waals surface area contributed by atoms with E-state index in [-0.39, 0.29) is 23.9 Å². The lowest BCUT2D eigenvalue weighted by molar-refractivity contribution is -0.125. The summed E-state index contributed by atoms with van der Waals surface area (Å²) >= 11 is 5.97. The van der Waals surface area contributed by atoms with Crippen molar-refractivity contribution < 1.29 is 4.79 Å². The standard InChI is InChI=1S/C17H27ClN2O/c1-12(6-4-7-13(2)19)17(21)20-14(3)10-15-8-5-9-16(18)11-15/h5,8-9,11-14H,4,6-7,10,19H2,1-3H3,(H,20,21). The second-order valence-electron chi connectivity index (χ2n) is 6.05. The van der Waals surface area contributed by atoms with E-state index in [2.05, 4.69) is 5.32 Å². The summed E-state index contributed by atoms with van der Waals surface area (Å²) < 4.78 is 0. The van der Waals surface area contributed by atoms with Crippen molar-refractivity contribution >= 4 is 17.5 Å². The van der Waals surface area contributed by atoms with Gasteiger partial charge in [0.25, 0.3) is 0 Å². The first kappa shape index (κ1) is 18.0. The van der Waals surface area contributed by atoms with Crippen LogP contribution in [0.1, 0.15) is 45.6 Å². The Morgan fingerprint density at radius 1 is 1.29 bits per heavy atom. The van der Waals surface area contributed by atoms with Gasteiger partial charge in [-0.05, 0) is 50.8 Å². The van der Waals surface area contributed by atoms with Crippen LogP contribution in [-0.4, -0.2) is 18.0 Å². The van der Waals surface area contributed by atoms with Gasteiger partial charge in [-0.1, -0.05) is 37.1 Å². The lowest BCUT2D eigenvalue weighted by Crippen LogP contribution is -2.37. The largest absolute Gasteiger partial charge is 0.353 e. The quantitative estimate of drug-likeness (QED) is 0.771. The average molecular weight is 311 g/mol. The van der Waals surface area contributed by atoms with Crippen molar-refractivity contribution in [1.29, 1.82) is 0 Å². The van der Waals surface area contributed by atoms with Crippen LogP contribution in [0, 0.1) is 5.92 Å². The second kappa shape index (κ2) is 9.06. The fraction of sp³-hybridized carbons (Fsp3) is 0.588. The highest BCUT2D eigenvalue weighted by atomic mass is 35.5. The highest BCUT2D eigenvalue weighted by molar-refractivity contribution is 6.30. The summed E-state index contributed by atoms with van der Waals surface area (Å²) in [6, 6.07) is 8.07. The predicted molar refractivity (Wildman–Crippen MR) is 89.4 cm³/mol. The molecule has 1 aromatic rings. The van der Waals surface area contributed by atoms with Crippen LogP contribution < -0.4 is 11.1 Å². The van der Waals surface area contributed by atoms with Crippen molar-refractivity contribution in [2.45, 2.75) is 58.5 Å². The lowest BCUT2D eigenvalue weighted by atomic mass is 10.0. The second-order valence-corrected chi connectivity index (χ2v) is 6.49. The average Bonchev–Trinajstić information content (AvgIpc) is 2.37. The molecule has 0 bridgehead atoms. The third-order valence-electron chi connectivity index (χ3n) is 3.56. The zero-order valence-electron chi connectivity index (χ0n) is 13.2. The minimum Gasteiger partial charge on any atom is -0.353 e. The number of hydrogen-bond donors (Lipinski definition) is 2. The lowest BCUT2D eigenvalue weighted by Gasteiger charge is -2.18. The van der Waals surface area contributed by atoms with Crippen molar-refractivity contribution in [3.8, 4) is 0 Å². The molecule has 0 fully saturated rings. The van der Waals surface area contributed by atoms with Gasteiger partial charge >= 0.3 is 0 Å². The van der Waals surface area contributed by atoms with Crippen molar-refractivity contribution in [2.24, 2.45) is 11.7 Å². The molecule has 3 N–H and O–H groups in total. The molecule has 3 atom stereocenters. The summed E-state index contributed by atoms with van der Waals surface area (Å²) in [7, 11) is 0. The molecule has 0 heterocycles. The van der Waals surface area contributed by atoms with Crippen molar-refractivity contribution in [2.75, 3.05) is 0 Å². The Hall–Kier alpha value is -1.06. The van der Waals surface area contributed by atoms with Gasteiger partial charge in [0.15, 0.2) is 0 Å². The van der Waals surface area contributed by atoms with E-state index in [1.54, 1.807) is 0 Å². The van der Waals surface area contributed by atoms with E-state index in [1.807, 2.05) is 45.0 Å². The zero-order valence-corrected chi connectivity index (χ0v) is 14.0. The number of carbonyl (C=O) groups excluding carboxylic acids is 1. The minimum atomic E-state index is 0.0329. The molecule has 0 aliphatic carbocycles. The molecule has 0 spiro atoms. The third-order valence-corrected chi connectivity index (χ3v) is 3.80. The number of benzene rings is 1. The fourth-order valence-corrected chi connectivity index (χ4v) is 2.54. The summed E-state index contributed by atoms with van der Waals surface area (Å²) in [5, 5.41) is 3.80. The van der Waals surface area contributed by atoms with Gasteiger partial charge in [-0.2, -0.15) is 0 Å². The van der Waals surface area contributed by atoms with Crippen LogP contribution in [0.3, 0.4) is 0 Å². The first-order chi connectivity index (χ1) is 9.88. The molecule has 0 aliphatic heterocycles. The maximum absolute atomic E-state index is 12.1. The van der Waals surface area contributed by atoms with Gasteiger partial charge in [0.1, 0.15) is 0 Å². The SMILES string of the molecule is CC(N)CCCC(C)C(=O)NC(C)Cc1cccc(Cl)c1. The van der Waals surface area contributed by atoms with E-state index in [1.165, 1.54) is 0 Å². The van der Waals surface area contributed by atoms with E-state index in [4.69, 9.17) is 17.3 Å². The zero-order chi connectivity index (χ0) is 15.8. The van der Waals surface area contributed by atoms with Gasteiger partial charge in [0.05, 0.1) is 0 Å². The van der Waals surface area contributed by atoms with E-state index in [9.17, 15) is 4.79 Å². The van der Waals surface area contributed by atoms with E-state index >= 15 is 0 Å². The molecule has 118 valence electrons. The molecule has 3 nitrogen and oxygen atoms in total. The van der Waals surface area contributed by atoms with Crippen LogP contribution in [0.2, 0.25) is 5.02 Å². The molecule has 1 aromatic carbocycles. The molecule has 0 saturated carbocycles. The molecule has 0 aliphatic rings. The number of nitrogens with one attached hydrogen (secondary N) is 1. The van der Waals surface area contributed by atoms with Gasteiger partial charge in [0.2, 0.25) is 5.91 Å². The summed E-state index contributed by atoms with van der Waals surface area (Å²) in [6.45, 7) is 5.99.